The Hall–Kier alpha value is -1.92. The summed E-state index contributed by atoms with van der Waals surface area (Å²) in [5.41, 5.74) is 6.58. The fourth-order valence-corrected chi connectivity index (χ4v) is 1.86. The monoisotopic (exact) mass is 324 g/mol. The van der Waals surface area contributed by atoms with E-state index in [2.05, 4.69) is 25.5 Å². The summed E-state index contributed by atoms with van der Waals surface area (Å²) in [6.45, 7) is 3.93. The molecule has 1 heterocycles. The number of nitrogen functional groups attached to an aromatic ring is 1. The van der Waals surface area contributed by atoms with Gasteiger partial charge in [-0.1, -0.05) is 23.2 Å². The van der Waals surface area contributed by atoms with E-state index in [1.165, 1.54) is 0 Å². The van der Waals surface area contributed by atoms with Gasteiger partial charge in [0, 0.05) is 11.1 Å². The topological polar surface area (TPSA) is 88.5 Å². The van der Waals surface area contributed by atoms with Crippen molar-refractivity contribution < 1.29 is 0 Å². The molecule has 110 valence electrons. The van der Waals surface area contributed by atoms with Crippen molar-refractivity contribution in [2.45, 2.75) is 19.9 Å². The first kappa shape index (κ1) is 15.5. The number of nitrogens with two attached hydrogens (primary N) is 1. The van der Waals surface area contributed by atoms with Gasteiger partial charge in [-0.3, -0.25) is 0 Å². The molecule has 2 aromatic rings. The Morgan fingerprint density at radius 2 is 1.76 bits per heavy atom. The zero-order chi connectivity index (χ0) is 15.4. The van der Waals surface area contributed by atoms with Crippen LogP contribution in [0.5, 0.6) is 0 Å². The van der Waals surface area contributed by atoms with Crippen LogP contribution in [0, 0.1) is 0 Å². The smallest absolute Gasteiger partial charge is 0.223 e. The van der Waals surface area contributed by atoms with Gasteiger partial charge in [-0.25, -0.2) is 0 Å². The first-order valence-corrected chi connectivity index (χ1v) is 6.98. The van der Waals surface area contributed by atoms with Gasteiger partial charge >= 0.3 is 0 Å². The van der Waals surface area contributed by atoms with Crippen LogP contribution in [0.3, 0.4) is 0 Å². The molecule has 0 bridgehead atoms. The van der Waals surface area contributed by atoms with Crippen LogP contribution in [0.1, 0.15) is 13.8 Å². The molecule has 1 aromatic carbocycles. The summed E-state index contributed by atoms with van der Waals surface area (Å²) >= 11 is 11.9. The van der Waals surface area contributed by atoms with Crippen LogP contribution in [-0.4, -0.2) is 16.0 Å². The molecule has 21 heavy (non-hydrogen) atoms. The lowest BCUT2D eigenvalue weighted by molar-refractivity contribution is 0.886. The molecule has 0 saturated heterocycles. The van der Waals surface area contributed by atoms with Crippen molar-refractivity contribution in [3.05, 3.63) is 34.4 Å². The van der Waals surface area contributed by atoms with E-state index in [0.29, 0.717) is 22.2 Å². The molecule has 1 aromatic heterocycles. The number of azo groups is 1. The third kappa shape index (κ3) is 4.27. The van der Waals surface area contributed by atoms with Crippen LogP contribution in [0.2, 0.25) is 10.2 Å². The van der Waals surface area contributed by atoms with Crippen molar-refractivity contribution >= 4 is 46.3 Å². The second-order valence-corrected chi connectivity index (χ2v) is 5.34. The second kappa shape index (κ2) is 6.69. The summed E-state index contributed by atoms with van der Waals surface area (Å²) in [6.07, 6.45) is 0. The second-order valence-electron chi connectivity index (χ2n) is 4.55. The number of rotatable bonds is 4. The Balaban J connectivity index is 2.35. The highest BCUT2D eigenvalue weighted by Gasteiger charge is 2.12. The Bertz CT molecular complexity index is 654. The first-order chi connectivity index (χ1) is 9.95. The van der Waals surface area contributed by atoms with Crippen LogP contribution in [0.25, 0.3) is 0 Å². The summed E-state index contributed by atoms with van der Waals surface area (Å²) in [6, 6.07) is 7.08. The standard InChI is InChI=1S/C13H14Cl2N6/c1-7(2)17-12-10(11(15)18-13(16)19-12)21-20-9-5-3-8(14)4-6-9/h3-7H,1-2H3,(H3,16,17,18,19). The maximum atomic E-state index is 6.06. The summed E-state index contributed by atoms with van der Waals surface area (Å²) in [7, 11) is 0. The van der Waals surface area contributed by atoms with Crippen molar-refractivity contribution in [2.75, 3.05) is 11.1 Å². The average Bonchev–Trinajstić information content (AvgIpc) is 2.39. The Kier molecular flexibility index (Phi) is 4.93. The fraction of sp³-hybridized carbons (Fsp3) is 0.231. The maximum absolute atomic E-state index is 6.06. The number of halogens is 2. The molecule has 6 nitrogen and oxygen atoms in total. The van der Waals surface area contributed by atoms with Gasteiger partial charge in [0.2, 0.25) is 5.95 Å². The molecule has 0 aliphatic heterocycles. The van der Waals surface area contributed by atoms with Crippen molar-refractivity contribution in [3.63, 3.8) is 0 Å². The quantitative estimate of drug-likeness (QED) is 0.635. The van der Waals surface area contributed by atoms with Crippen molar-refractivity contribution in [3.8, 4) is 0 Å². The summed E-state index contributed by atoms with van der Waals surface area (Å²) in [4.78, 5) is 7.98. The lowest BCUT2D eigenvalue weighted by Gasteiger charge is -2.11. The molecule has 0 aliphatic carbocycles. The van der Waals surface area contributed by atoms with Gasteiger partial charge in [0.05, 0.1) is 5.69 Å². The maximum Gasteiger partial charge on any atom is 0.223 e. The summed E-state index contributed by atoms with van der Waals surface area (Å²) < 4.78 is 0. The molecule has 2 rings (SSSR count). The predicted molar refractivity (Wildman–Crippen MR) is 85.8 cm³/mol. The lowest BCUT2D eigenvalue weighted by Crippen LogP contribution is -2.12. The molecular formula is C13H14Cl2N6. The average molecular weight is 325 g/mol. The van der Waals surface area contributed by atoms with E-state index in [0.717, 1.165) is 0 Å². The minimum Gasteiger partial charge on any atom is -0.368 e. The molecular weight excluding hydrogens is 311 g/mol. The number of hydrogen-bond acceptors (Lipinski definition) is 6. The van der Waals surface area contributed by atoms with E-state index < -0.39 is 0 Å². The number of benzene rings is 1. The number of nitrogens with zero attached hydrogens (tertiary/aromatic N) is 4. The Labute approximate surface area is 132 Å². The molecule has 0 aliphatic rings. The third-order valence-electron chi connectivity index (χ3n) is 2.38. The molecule has 3 N–H and O–H groups in total. The molecule has 0 amide bonds. The number of nitrogens with one attached hydrogen (secondary N) is 1. The first-order valence-electron chi connectivity index (χ1n) is 6.22. The van der Waals surface area contributed by atoms with Crippen LogP contribution in [0.15, 0.2) is 34.5 Å². The van der Waals surface area contributed by atoms with E-state index in [1.54, 1.807) is 24.3 Å². The van der Waals surface area contributed by atoms with Crippen LogP contribution in [0.4, 0.5) is 23.1 Å². The van der Waals surface area contributed by atoms with E-state index in [1.807, 2.05) is 13.8 Å². The molecule has 0 atom stereocenters. The van der Waals surface area contributed by atoms with Gasteiger partial charge in [-0.2, -0.15) is 15.1 Å². The van der Waals surface area contributed by atoms with Crippen LogP contribution >= 0.6 is 23.2 Å². The van der Waals surface area contributed by atoms with Crippen molar-refractivity contribution in [1.29, 1.82) is 0 Å². The largest absolute Gasteiger partial charge is 0.368 e. The Morgan fingerprint density at radius 3 is 2.38 bits per heavy atom. The molecule has 0 radical (unpaired) electrons. The predicted octanol–water partition coefficient (Wildman–Crippen LogP) is 4.60. The Morgan fingerprint density at radius 1 is 1.10 bits per heavy atom. The normalized spacial score (nSPS) is 11.3. The fourth-order valence-electron chi connectivity index (χ4n) is 1.52. The molecule has 0 saturated carbocycles. The van der Waals surface area contributed by atoms with E-state index >= 15 is 0 Å². The minimum absolute atomic E-state index is 0.0774. The third-order valence-corrected chi connectivity index (χ3v) is 2.89. The summed E-state index contributed by atoms with van der Waals surface area (Å²) in [5.74, 6) is 0.522. The number of anilines is 2. The van der Waals surface area contributed by atoms with Crippen molar-refractivity contribution in [2.24, 2.45) is 10.2 Å². The molecule has 0 spiro atoms. The van der Waals surface area contributed by atoms with E-state index in [-0.39, 0.29) is 17.1 Å². The SMILES string of the molecule is CC(C)Nc1nc(N)nc(Cl)c1N=Nc1ccc(Cl)cc1. The lowest BCUT2D eigenvalue weighted by atomic mass is 10.3. The van der Waals surface area contributed by atoms with Crippen LogP contribution in [-0.2, 0) is 0 Å². The summed E-state index contributed by atoms with van der Waals surface area (Å²) in [5, 5.41) is 12.1. The highest BCUT2D eigenvalue weighted by molar-refractivity contribution is 6.32. The highest BCUT2D eigenvalue weighted by atomic mass is 35.5. The number of hydrogen-bond donors (Lipinski definition) is 2. The van der Waals surface area contributed by atoms with E-state index in [9.17, 15) is 0 Å². The zero-order valence-electron chi connectivity index (χ0n) is 11.5. The molecule has 0 fully saturated rings. The van der Waals surface area contributed by atoms with Crippen LogP contribution < -0.4 is 11.1 Å². The van der Waals surface area contributed by atoms with Gasteiger partial charge < -0.3 is 11.1 Å². The van der Waals surface area contributed by atoms with Gasteiger partial charge in [0.15, 0.2) is 16.7 Å². The zero-order valence-corrected chi connectivity index (χ0v) is 13.0. The van der Waals surface area contributed by atoms with Gasteiger partial charge in [0.1, 0.15) is 0 Å². The van der Waals surface area contributed by atoms with Crippen molar-refractivity contribution in [1.82, 2.24) is 9.97 Å². The van der Waals surface area contributed by atoms with Gasteiger partial charge in [-0.05, 0) is 38.1 Å². The molecule has 0 unspecified atom stereocenters. The highest BCUT2D eigenvalue weighted by Crippen LogP contribution is 2.33. The van der Waals surface area contributed by atoms with Gasteiger partial charge in [0.25, 0.3) is 0 Å². The van der Waals surface area contributed by atoms with E-state index in [4.69, 9.17) is 28.9 Å². The van der Waals surface area contributed by atoms with Gasteiger partial charge in [-0.15, -0.1) is 5.11 Å². The minimum atomic E-state index is 0.0774. The molecule has 8 heteroatoms. The number of aromatic nitrogens is 2.